The van der Waals surface area contributed by atoms with Crippen LogP contribution in [-0.2, 0) is 18.3 Å². The molecule has 20 heavy (non-hydrogen) atoms. The molecule has 0 aliphatic heterocycles. The summed E-state index contributed by atoms with van der Waals surface area (Å²) in [5, 5.41) is 0.294. The van der Waals surface area contributed by atoms with Gasteiger partial charge in [0.05, 0.1) is 32.7 Å². The van der Waals surface area contributed by atoms with Gasteiger partial charge in [-0.3, -0.25) is 4.57 Å². The third-order valence-electron chi connectivity index (χ3n) is 2.50. The molecule has 0 aromatic heterocycles. The number of hydrogen-bond donors (Lipinski definition) is 0. The Morgan fingerprint density at radius 1 is 1.15 bits per heavy atom. The van der Waals surface area contributed by atoms with Crippen LogP contribution in [0.25, 0.3) is 0 Å². The van der Waals surface area contributed by atoms with Crippen molar-refractivity contribution in [3.05, 3.63) is 23.8 Å². The summed E-state index contributed by atoms with van der Waals surface area (Å²) >= 11 is 0. The maximum Gasteiger partial charge on any atom is 0.361 e. The van der Waals surface area contributed by atoms with Gasteiger partial charge in [-0.25, -0.2) is 4.79 Å². The van der Waals surface area contributed by atoms with E-state index in [-0.39, 0.29) is 18.8 Å². The molecule has 6 nitrogen and oxygen atoms in total. The topological polar surface area (TPSA) is 71.1 Å². The Labute approximate surface area is 118 Å². The number of benzene rings is 1. The maximum atomic E-state index is 12.6. The first kappa shape index (κ1) is 16.7. The molecule has 0 fully saturated rings. The van der Waals surface area contributed by atoms with Crippen molar-refractivity contribution in [2.45, 2.75) is 13.8 Å². The molecule has 0 heterocycles. The first-order chi connectivity index (χ1) is 9.52. The lowest BCUT2D eigenvalue weighted by Crippen LogP contribution is -2.14. The molecule has 1 aromatic rings. The molecule has 1 rings (SSSR count). The first-order valence-electron chi connectivity index (χ1n) is 6.18. The van der Waals surface area contributed by atoms with Gasteiger partial charge in [0.15, 0.2) is 0 Å². The van der Waals surface area contributed by atoms with Gasteiger partial charge in [0.25, 0.3) is 0 Å². The molecule has 0 amide bonds. The first-order valence-corrected chi connectivity index (χ1v) is 7.72. The molecule has 0 unspecified atom stereocenters. The maximum absolute atomic E-state index is 12.6. The van der Waals surface area contributed by atoms with E-state index in [1.807, 2.05) is 0 Å². The van der Waals surface area contributed by atoms with Gasteiger partial charge in [-0.05, 0) is 32.0 Å². The number of hydrogen-bond acceptors (Lipinski definition) is 6. The van der Waals surface area contributed by atoms with Crippen LogP contribution in [0.1, 0.15) is 24.2 Å². The van der Waals surface area contributed by atoms with E-state index < -0.39 is 13.6 Å². The summed E-state index contributed by atoms with van der Waals surface area (Å²) in [6.07, 6.45) is 0. The zero-order valence-corrected chi connectivity index (χ0v) is 12.9. The van der Waals surface area contributed by atoms with Crippen LogP contribution in [0.3, 0.4) is 0 Å². The zero-order valence-electron chi connectivity index (χ0n) is 12.0. The Morgan fingerprint density at radius 2 is 1.75 bits per heavy atom. The molecule has 7 heteroatoms. The molecule has 0 saturated carbocycles. The average Bonchev–Trinajstić information content (AvgIpc) is 2.46. The molecule has 1 aromatic carbocycles. The van der Waals surface area contributed by atoms with Crippen LogP contribution in [0, 0.1) is 0 Å². The van der Waals surface area contributed by atoms with Crippen molar-refractivity contribution in [1.29, 1.82) is 0 Å². The average molecular weight is 302 g/mol. The van der Waals surface area contributed by atoms with Crippen molar-refractivity contribution in [2.75, 3.05) is 27.4 Å². The predicted molar refractivity (Wildman–Crippen MR) is 74.8 cm³/mol. The normalized spacial score (nSPS) is 11.2. The van der Waals surface area contributed by atoms with Gasteiger partial charge in [0.1, 0.15) is 11.3 Å². The van der Waals surface area contributed by atoms with Gasteiger partial charge >= 0.3 is 13.6 Å². The van der Waals surface area contributed by atoms with Gasteiger partial charge in [0.2, 0.25) is 0 Å². The van der Waals surface area contributed by atoms with Crippen LogP contribution in [0.5, 0.6) is 5.75 Å². The molecule has 0 spiro atoms. The smallest absolute Gasteiger partial charge is 0.361 e. The van der Waals surface area contributed by atoms with Gasteiger partial charge in [0, 0.05) is 0 Å². The van der Waals surface area contributed by atoms with Crippen molar-refractivity contribution < 1.29 is 27.9 Å². The van der Waals surface area contributed by atoms with Crippen LogP contribution in [0.4, 0.5) is 0 Å². The highest BCUT2D eigenvalue weighted by Crippen LogP contribution is 2.47. The van der Waals surface area contributed by atoms with Crippen molar-refractivity contribution in [2.24, 2.45) is 0 Å². The van der Waals surface area contributed by atoms with E-state index in [0.29, 0.717) is 11.1 Å². The highest BCUT2D eigenvalue weighted by molar-refractivity contribution is 7.62. The third kappa shape index (κ3) is 3.60. The van der Waals surface area contributed by atoms with Crippen molar-refractivity contribution >= 4 is 18.9 Å². The van der Waals surface area contributed by atoms with E-state index in [1.165, 1.54) is 26.4 Å². The molecule has 0 atom stereocenters. The molecule has 0 radical (unpaired) electrons. The van der Waals surface area contributed by atoms with Gasteiger partial charge in [-0.1, -0.05) is 0 Å². The second-order valence-electron chi connectivity index (χ2n) is 3.71. The van der Waals surface area contributed by atoms with Gasteiger partial charge in [-0.15, -0.1) is 0 Å². The molecular weight excluding hydrogens is 283 g/mol. The van der Waals surface area contributed by atoms with E-state index in [9.17, 15) is 9.36 Å². The molecular formula is C13H19O6P. The summed E-state index contributed by atoms with van der Waals surface area (Å²) in [5.41, 5.74) is 0.173. The van der Waals surface area contributed by atoms with E-state index >= 15 is 0 Å². The highest BCUT2D eigenvalue weighted by Gasteiger charge is 2.28. The minimum Gasteiger partial charge on any atom is -0.496 e. The quantitative estimate of drug-likeness (QED) is 0.569. The SMILES string of the molecule is CCOP(=O)(OCC)c1ccc(OC)c(C(=O)OC)c1. The van der Waals surface area contributed by atoms with Crippen molar-refractivity contribution in [3.8, 4) is 5.75 Å². The fourth-order valence-electron chi connectivity index (χ4n) is 1.66. The highest BCUT2D eigenvalue weighted by atomic mass is 31.2. The van der Waals surface area contributed by atoms with E-state index in [0.717, 1.165) is 0 Å². The number of rotatable bonds is 7. The zero-order chi connectivity index (χ0) is 15.2. The second-order valence-corrected chi connectivity index (χ2v) is 5.74. The Bertz CT molecular complexity index is 504. The lowest BCUT2D eigenvalue weighted by atomic mass is 10.2. The standard InChI is InChI=1S/C13H19O6P/c1-5-18-20(15,19-6-2)10-7-8-12(16-3)11(9-10)13(14)17-4/h7-9H,5-6H2,1-4H3. The van der Waals surface area contributed by atoms with Crippen LogP contribution in [0.2, 0.25) is 0 Å². The molecule has 0 saturated heterocycles. The Balaban J connectivity index is 3.31. The molecule has 112 valence electrons. The minimum atomic E-state index is -3.44. The molecule has 0 N–H and O–H groups in total. The minimum absolute atomic E-state index is 0.173. The number of esters is 1. The van der Waals surface area contributed by atoms with E-state index in [2.05, 4.69) is 4.74 Å². The molecule has 0 aliphatic carbocycles. The Kier molecular flexibility index (Phi) is 6.20. The Morgan fingerprint density at radius 3 is 2.20 bits per heavy atom. The van der Waals surface area contributed by atoms with Crippen LogP contribution < -0.4 is 10.0 Å². The van der Waals surface area contributed by atoms with E-state index in [1.54, 1.807) is 19.9 Å². The molecule has 0 aliphatic rings. The summed E-state index contributed by atoms with van der Waals surface area (Å²) in [6.45, 7) is 3.90. The fraction of sp³-hybridized carbons (Fsp3) is 0.462. The number of ether oxygens (including phenoxy) is 2. The van der Waals surface area contributed by atoms with Crippen LogP contribution in [-0.4, -0.2) is 33.4 Å². The monoisotopic (exact) mass is 302 g/mol. The number of methoxy groups -OCH3 is 2. The molecule has 0 bridgehead atoms. The Hall–Kier alpha value is -1.36. The fourth-order valence-corrected chi connectivity index (χ4v) is 3.26. The summed E-state index contributed by atoms with van der Waals surface area (Å²) in [4.78, 5) is 11.7. The van der Waals surface area contributed by atoms with E-state index in [4.69, 9.17) is 13.8 Å². The summed E-state index contributed by atoms with van der Waals surface area (Å²) < 4.78 is 32.9. The van der Waals surface area contributed by atoms with Crippen molar-refractivity contribution in [1.82, 2.24) is 0 Å². The number of carbonyl (C=O) groups is 1. The largest absolute Gasteiger partial charge is 0.496 e. The summed E-state index contributed by atoms with van der Waals surface area (Å²) in [7, 11) is -0.743. The third-order valence-corrected chi connectivity index (χ3v) is 4.61. The summed E-state index contributed by atoms with van der Waals surface area (Å²) in [6, 6.07) is 4.50. The van der Waals surface area contributed by atoms with Gasteiger partial charge in [-0.2, -0.15) is 0 Å². The van der Waals surface area contributed by atoms with Gasteiger partial charge < -0.3 is 18.5 Å². The van der Waals surface area contributed by atoms with Crippen molar-refractivity contribution in [3.63, 3.8) is 0 Å². The lowest BCUT2D eigenvalue weighted by Gasteiger charge is -2.18. The number of carbonyl (C=O) groups excluding carboxylic acids is 1. The summed E-state index contributed by atoms with van der Waals surface area (Å²) in [5.74, 6) is -0.247. The predicted octanol–water partition coefficient (Wildman–Crippen LogP) is 2.37. The lowest BCUT2D eigenvalue weighted by molar-refractivity contribution is 0.0597. The van der Waals surface area contributed by atoms with Crippen LogP contribution >= 0.6 is 7.60 Å². The second kappa shape index (κ2) is 7.43. The van der Waals surface area contributed by atoms with Crippen LogP contribution in [0.15, 0.2) is 18.2 Å².